The number of ether oxygens (including phenoxy) is 1. The number of halogens is 4. The van der Waals surface area contributed by atoms with E-state index < -0.39 is 41.4 Å². The molecule has 0 aliphatic carbocycles. The van der Waals surface area contributed by atoms with E-state index in [0.717, 1.165) is 11.0 Å². The van der Waals surface area contributed by atoms with Crippen molar-refractivity contribution in [2.45, 2.75) is 11.9 Å². The Morgan fingerprint density at radius 2 is 1.76 bits per heavy atom. The number of H-pyrrole nitrogens is 1. The van der Waals surface area contributed by atoms with Crippen molar-refractivity contribution >= 4 is 40.6 Å². The second-order valence-corrected chi connectivity index (χ2v) is 8.30. The highest BCUT2D eigenvalue weighted by Crippen LogP contribution is 2.49. The van der Waals surface area contributed by atoms with Crippen LogP contribution in [0.3, 0.4) is 0 Å². The van der Waals surface area contributed by atoms with Crippen LogP contribution in [0.1, 0.15) is 21.5 Å². The molecule has 0 fully saturated rings. The van der Waals surface area contributed by atoms with Crippen LogP contribution in [-0.4, -0.2) is 46.3 Å². The van der Waals surface area contributed by atoms with Crippen LogP contribution >= 0.6 is 0 Å². The summed E-state index contributed by atoms with van der Waals surface area (Å²) in [6, 6.07) is 14.3. The molecule has 2 amide bonds. The molecule has 2 heterocycles. The molecule has 0 radical (unpaired) electrons. The molecule has 1 unspecified atom stereocenters. The van der Waals surface area contributed by atoms with Gasteiger partial charge >= 0.3 is 18.2 Å². The zero-order chi connectivity index (χ0) is 27.4. The number of fused-ring (bicyclic) bond motifs is 2. The first kappa shape index (κ1) is 24.7. The van der Waals surface area contributed by atoms with Gasteiger partial charge in [0.15, 0.2) is 0 Å². The monoisotopic (exact) mass is 528 g/mol. The Balaban J connectivity index is 1.82. The van der Waals surface area contributed by atoms with E-state index in [-0.39, 0.29) is 33.7 Å². The number of hydrogen-bond donors (Lipinski definition) is 2. The number of esters is 1. The van der Waals surface area contributed by atoms with E-state index in [1.807, 2.05) is 0 Å². The molecule has 38 heavy (non-hydrogen) atoms. The number of amides is 2. The SMILES string of the molecule is CN(C(=O)O)c1nc2ccc(C3(OC(=O)C(F)(F)F)c4ccccc4C(=O)N3c3ccccc3F)cc2[nH]1. The van der Waals surface area contributed by atoms with E-state index in [9.17, 15) is 32.7 Å². The molecule has 1 atom stereocenters. The van der Waals surface area contributed by atoms with Gasteiger partial charge in [-0.25, -0.2) is 19.0 Å². The number of aromatic amines is 1. The Hall–Kier alpha value is -4.94. The van der Waals surface area contributed by atoms with Gasteiger partial charge in [-0.3, -0.25) is 14.6 Å². The van der Waals surface area contributed by atoms with E-state index in [2.05, 4.69) is 9.97 Å². The molecule has 0 saturated heterocycles. The van der Waals surface area contributed by atoms with Crippen LogP contribution in [0.5, 0.6) is 0 Å². The maximum Gasteiger partial charge on any atom is 0.491 e. The number of benzene rings is 3. The Morgan fingerprint density at radius 1 is 1.08 bits per heavy atom. The third kappa shape index (κ3) is 3.70. The first-order valence-electron chi connectivity index (χ1n) is 10.9. The number of hydrogen-bond acceptors (Lipinski definition) is 5. The lowest BCUT2D eigenvalue weighted by molar-refractivity contribution is -0.211. The third-order valence-electron chi connectivity index (χ3n) is 6.07. The number of nitrogens with one attached hydrogen (secondary N) is 1. The fourth-order valence-corrected chi connectivity index (χ4v) is 4.35. The van der Waals surface area contributed by atoms with E-state index in [4.69, 9.17) is 4.74 Å². The normalized spacial score (nSPS) is 17.0. The van der Waals surface area contributed by atoms with Gasteiger partial charge in [-0.15, -0.1) is 0 Å². The lowest BCUT2D eigenvalue weighted by Crippen LogP contribution is -2.50. The van der Waals surface area contributed by atoms with E-state index in [0.29, 0.717) is 4.90 Å². The van der Waals surface area contributed by atoms with Crippen molar-refractivity contribution in [3.63, 3.8) is 0 Å². The number of imidazole rings is 1. The summed E-state index contributed by atoms with van der Waals surface area (Å²) < 4.78 is 60.9. The van der Waals surface area contributed by atoms with Crippen LogP contribution in [-0.2, 0) is 15.3 Å². The third-order valence-corrected chi connectivity index (χ3v) is 6.07. The van der Waals surface area contributed by atoms with Crippen molar-refractivity contribution in [1.29, 1.82) is 0 Å². The van der Waals surface area contributed by atoms with Crippen molar-refractivity contribution in [3.05, 3.63) is 89.2 Å². The molecule has 3 aromatic carbocycles. The summed E-state index contributed by atoms with van der Waals surface area (Å²) in [5, 5.41) is 9.25. The van der Waals surface area contributed by atoms with Gasteiger partial charge in [-0.2, -0.15) is 13.2 Å². The van der Waals surface area contributed by atoms with Crippen LogP contribution in [0, 0.1) is 5.82 Å². The first-order valence-corrected chi connectivity index (χ1v) is 10.9. The molecule has 1 aliphatic rings. The van der Waals surface area contributed by atoms with Crippen LogP contribution in [0.4, 0.5) is 34.0 Å². The molecule has 5 rings (SSSR count). The summed E-state index contributed by atoms with van der Waals surface area (Å²) in [5.74, 6) is -4.56. The second kappa shape index (κ2) is 8.57. The number of carbonyl (C=O) groups excluding carboxylic acids is 2. The highest BCUT2D eigenvalue weighted by atomic mass is 19.4. The van der Waals surface area contributed by atoms with Crippen molar-refractivity contribution in [1.82, 2.24) is 9.97 Å². The summed E-state index contributed by atoms with van der Waals surface area (Å²) in [5.41, 5.74) is -3.03. The van der Waals surface area contributed by atoms with Crippen LogP contribution in [0.15, 0.2) is 66.7 Å². The molecule has 9 nitrogen and oxygen atoms in total. The Labute approximate surface area is 210 Å². The highest BCUT2D eigenvalue weighted by molar-refractivity contribution is 6.13. The molecule has 0 spiro atoms. The van der Waals surface area contributed by atoms with E-state index >= 15 is 4.39 Å². The molecule has 0 saturated carbocycles. The molecule has 194 valence electrons. The minimum Gasteiger partial charge on any atom is -0.465 e. The maximum atomic E-state index is 15.1. The summed E-state index contributed by atoms with van der Waals surface area (Å²) in [7, 11) is 1.22. The van der Waals surface area contributed by atoms with Gasteiger partial charge in [0.05, 0.1) is 16.7 Å². The molecule has 0 bridgehead atoms. The van der Waals surface area contributed by atoms with E-state index in [1.54, 1.807) is 0 Å². The number of alkyl halides is 3. The molecule has 4 aromatic rings. The van der Waals surface area contributed by atoms with Crippen molar-refractivity contribution in [3.8, 4) is 0 Å². The number of rotatable bonds is 4. The Bertz CT molecular complexity index is 1620. The first-order chi connectivity index (χ1) is 17.9. The number of carboxylic acid groups (broad SMARTS) is 1. The van der Waals surface area contributed by atoms with Gasteiger partial charge in [-0.05, 0) is 30.3 Å². The fraction of sp³-hybridized carbons (Fsp3) is 0.120. The van der Waals surface area contributed by atoms with Crippen LogP contribution in [0.25, 0.3) is 11.0 Å². The number of para-hydroxylation sites is 1. The predicted molar refractivity (Wildman–Crippen MR) is 125 cm³/mol. The summed E-state index contributed by atoms with van der Waals surface area (Å²) in [6.07, 6.45) is -6.79. The van der Waals surface area contributed by atoms with E-state index in [1.165, 1.54) is 67.7 Å². The van der Waals surface area contributed by atoms with Gasteiger partial charge in [0, 0.05) is 23.7 Å². The minimum atomic E-state index is -5.45. The summed E-state index contributed by atoms with van der Waals surface area (Å²) in [4.78, 5) is 45.6. The predicted octanol–water partition coefficient (Wildman–Crippen LogP) is 4.78. The lowest BCUT2D eigenvalue weighted by Gasteiger charge is -2.38. The Morgan fingerprint density at radius 3 is 2.45 bits per heavy atom. The smallest absolute Gasteiger partial charge is 0.465 e. The van der Waals surface area contributed by atoms with Crippen molar-refractivity contribution in [2.75, 3.05) is 16.8 Å². The summed E-state index contributed by atoms with van der Waals surface area (Å²) in [6.45, 7) is 0. The van der Waals surface area contributed by atoms with Crippen LogP contribution in [0.2, 0.25) is 0 Å². The number of anilines is 2. The molecule has 1 aliphatic heterocycles. The molecular weight excluding hydrogens is 512 g/mol. The average Bonchev–Trinajstić information content (AvgIpc) is 3.41. The Kier molecular flexibility index (Phi) is 5.58. The van der Waals surface area contributed by atoms with Gasteiger partial charge in [0.1, 0.15) is 5.82 Å². The molecular formula is C25H16F4N4O5. The zero-order valence-corrected chi connectivity index (χ0v) is 19.3. The second-order valence-electron chi connectivity index (χ2n) is 8.30. The van der Waals surface area contributed by atoms with Gasteiger partial charge in [-0.1, -0.05) is 36.4 Å². The lowest BCUT2D eigenvalue weighted by atomic mass is 9.92. The van der Waals surface area contributed by atoms with Gasteiger partial charge in [0.2, 0.25) is 11.7 Å². The standard InChI is InChI=1S/C25H16F4N4O5/c1-32(23(36)37)22-30-17-11-10-13(12-18(17)31-22)24(38-21(35)25(27,28)29)15-7-3-2-6-14(15)20(34)33(24)19-9-5-4-8-16(19)26/h2-12H,1H3,(H,30,31)(H,36,37). The minimum absolute atomic E-state index is 0.0974. The molecule has 2 N–H and O–H groups in total. The average molecular weight is 528 g/mol. The fourth-order valence-electron chi connectivity index (χ4n) is 4.35. The summed E-state index contributed by atoms with van der Waals surface area (Å²) >= 11 is 0. The quantitative estimate of drug-likeness (QED) is 0.291. The molecule has 13 heteroatoms. The number of aromatic nitrogens is 2. The van der Waals surface area contributed by atoms with Gasteiger partial charge < -0.3 is 14.8 Å². The largest absolute Gasteiger partial charge is 0.491 e. The zero-order valence-electron chi connectivity index (χ0n) is 19.3. The van der Waals surface area contributed by atoms with Crippen LogP contribution < -0.4 is 9.80 Å². The molecule has 1 aromatic heterocycles. The highest BCUT2D eigenvalue weighted by Gasteiger charge is 2.58. The number of carbonyl (C=O) groups is 3. The maximum absolute atomic E-state index is 15.1. The number of nitrogens with zero attached hydrogens (tertiary/aromatic N) is 3. The topological polar surface area (TPSA) is 116 Å². The van der Waals surface area contributed by atoms with Crippen molar-refractivity contribution < 1.29 is 41.8 Å². The van der Waals surface area contributed by atoms with Gasteiger partial charge in [0.25, 0.3) is 5.91 Å². The van der Waals surface area contributed by atoms with Crippen molar-refractivity contribution in [2.24, 2.45) is 0 Å².